The highest BCUT2D eigenvalue weighted by Gasteiger charge is 2.26. The predicted molar refractivity (Wildman–Crippen MR) is 86.1 cm³/mol. The van der Waals surface area contributed by atoms with Gasteiger partial charge in [-0.25, -0.2) is 4.98 Å². The number of aromatic nitrogens is 1. The fourth-order valence-electron chi connectivity index (χ4n) is 2.10. The zero-order chi connectivity index (χ0) is 15.5. The third-order valence-corrected chi connectivity index (χ3v) is 3.62. The Kier molecular flexibility index (Phi) is 4.15. The number of fused-ring (bicyclic) bond motifs is 1. The third-order valence-electron chi connectivity index (χ3n) is 3.18. The van der Waals surface area contributed by atoms with E-state index < -0.39 is 0 Å². The molecular formula is C15H14BrN3O3. The second-order valence-electron chi connectivity index (χ2n) is 4.71. The second kappa shape index (κ2) is 6.23. The number of ether oxygens (including phenoxy) is 2. The lowest BCUT2D eigenvalue weighted by Gasteiger charge is -2.28. The summed E-state index contributed by atoms with van der Waals surface area (Å²) < 4.78 is 11.6. The van der Waals surface area contributed by atoms with Crippen molar-refractivity contribution in [2.24, 2.45) is 0 Å². The predicted octanol–water partition coefficient (Wildman–Crippen LogP) is 2.23. The van der Waals surface area contributed by atoms with Gasteiger partial charge in [0.2, 0.25) is 0 Å². The van der Waals surface area contributed by atoms with Crippen molar-refractivity contribution in [2.75, 3.05) is 30.4 Å². The van der Waals surface area contributed by atoms with E-state index in [-0.39, 0.29) is 12.5 Å². The largest absolute Gasteiger partial charge is 0.492 e. The first-order chi connectivity index (χ1) is 10.6. The Morgan fingerprint density at radius 3 is 2.82 bits per heavy atom. The van der Waals surface area contributed by atoms with E-state index in [1.807, 2.05) is 0 Å². The number of benzene rings is 1. The van der Waals surface area contributed by atoms with Crippen molar-refractivity contribution in [1.82, 2.24) is 4.98 Å². The van der Waals surface area contributed by atoms with Gasteiger partial charge in [0, 0.05) is 5.69 Å². The molecule has 0 aliphatic carbocycles. The average Bonchev–Trinajstić information content (AvgIpc) is 2.51. The van der Waals surface area contributed by atoms with Crippen molar-refractivity contribution >= 4 is 33.3 Å². The number of carbonyl (C=O) groups excluding carboxylic acids is 1. The lowest BCUT2D eigenvalue weighted by Crippen LogP contribution is -2.41. The zero-order valence-corrected chi connectivity index (χ0v) is 13.2. The number of carbonyl (C=O) groups is 1. The normalized spacial score (nSPS) is 13.5. The number of halogens is 1. The Hall–Kier alpha value is -2.28. The smallest absolute Gasteiger partial charge is 0.266 e. The maximum absolute atomic E-state index is 12.0. The van der Waals surface area contributed by atoms with E-state index in [0.717, 1.165) is 0 Å². The molecule has 114 valence electrons. The Morgan fingerprint density at radius 1 is 1.27 bits per heavy atom. The molecule has 0 unspecified atom stereocenters. The molecule has 22 heavy (non-hydrogen) atoms. The Bertz CT molecular complexity index is 691. The van der Waals surface area contributed by atoms with E-state index in [0.29, 0.717) is 40.8 Å². The quantitative estimate of drug-likeness (QED) is 0.665. The molecular weight excluding hydrogens is 350 g/mol. The Balaban J connectivity index is 1.68. The van der Waals surface area contributed by atoms with Crippen LogP contribution >= 0.6 is 15.9 Å². The summed E-state index contributed by atoms with van der Waals surface area (Å²) in [6.45, 7) is 0.754. The maximum Gasteiger partial charge on any atom is 0.266 e. The number of hydrogen-bond acceptors (Lipinski definition) is 5. The van der Waals surface area contributed by atoms with E-state index in [1.54, 1.807) is 41.3 Å². The summed E-state index contributed by atoms with van der Waals surface area (Å²) in [5.41, 5.74) is 6.30. The minimum atomic E-state index is -0.140. The van der Waals surface area contributed by atoms with Gasteiger partial charge in [-0.3, -0.25) is 9.69 Å². The van der Waals surface area contributed by atoms with E-state index >= 15 is 0 Å². The molecule has 0 fully saturated rings. The molecule has 0 bridgehead atoms. The molecule has 3 rings (SSSR count). The van der Waals surface area contributed by atoms with Gasteiger partial charge in [-0.15, -0.1) is 0 Å². The first kappa shape index (κ1) is 14.6. The summed E-state index contributed by atoms with van der Waals surface area (Å²) in [6.07, 6.45) is 0. The lowest BCUT2D eigenvalue weighted by molar-refractivity contribution is -0.121. The number of pyridine rings is 1. The van der Waals surface area contributed by atoms with Crippen LogP contribution in [0, 0.1) is 0 Å². The molecule has 0 spiro atoms. The van der Waals surface area contributed by atoms with Gasteiger partial charge < -0.3 is 15.2 Å². The van der Waals surface area contributed by atoms with Gasteiger partial charge in [0.15, 0.2) is 18.2 Å². The van der Waals surface area contributed by atoms with Crippen LogP contribution < -0.4 is 20.1 Å². The number of nitrogens with two attached hydrogens (primary N) is 1. The van der Waals surface area contributed by atoms with Crippen molar-refractivity contribution in [2.45, 2.75) is 0 Å². The Labute approximate surface area is 136 Å². The summed E-state index contributed by atoms with van der Waals surface area (Å²) in [5.74, 6) is 1.66. The molecule has 6 nitrogen and oxygen atoms in total. The molecule has 1 aliphatic heterocycles. The monoisotopic (exact) mass is 363 g/mol. The highest BCUT2D eigenvalue weighted by atomic mass is 79.9. The van der Waals surface area contributed by atoms with E-state index in [4.69, 9.17) is 15.2 Å². The molecule has 2 N–H and O–H groups in total. The maximum atomic E-state index is 12.0. The summed E-state index contributed by atoms with van der Waals surface area (Å²) in [5, 5.41) is 0. The van der Waals surface area contributed by atoms with Crippen LogP contribution in [0.2, 0.25) is 0 Å². The van der Waals surface area contributed by atoms with Crippen molar-refractivity contribution in [3.63, 3.8) is 0 Å². The van der Waals surface area contributed by atoms with E-state index in [9.17, 15) is 4.79 Å². The van der Waals surface area contributed by atoms with Crippen LogP contribution in [0.4, 0.5) is 11.5 Å². The first-order valence-electron chi connectivity index (χ1n) is 6.71. The molecule has 2 aromatic rings. The van der Waals surface area contributed by atoms with Crippen molar-refractivity contribution < 1.29 is 14.3 Å². The minimum Gasteiger partial charge on any atom is -0.492 e. The molecule has 0 atom stereocenters. The van der Waals surface area contributed by atoms with Crippen molar-refractivity contribution in [3.05, 3.63) is 41.0 Å². The topological polar surface area (TPSA) is 77.7 Å². The zero-order valence-electron chi connectivity index (χ0n) is 11.7. The number of nitrogens with zero attached hydrogens (tertiary/aromatic N) is 2. The highest BCUT2D eigenvalue weighted by molar-refractivity contribution is 9.10. The fourth-order valence-corrected chi connectivity index (χ4v) is 2.40. The summed E-state index contributed by atoms with van der Waals surface area (Å²) in [7, 11) is 0. The number of rotatable bonds is 4. The molecule has 7 heteroatoms. The molecule has 0 radical (unpaired) electrons. The van der Waals surface area contributed by atoms with Gasteiger partial charge in [-0.05, 0) is 52.3 Å². The van der Waals surface area contributed by atoms with Crippen molar-refractivity contribution in [1.29, 1.82) is 0 Å². The summed E-state index contributed by atoms with van der Waals surface area (Å²) in [6, 6.07) is 10.7. The van der Waals surface area contributed by atoms with Crippen molar-refractivity contribution in [3.8, 4) is 11.5 Å². The SMILES string of the molecule is Nc1ccc(OCCN2C(=O)COc3ccc(Br)nc32)cc1. The van der Waals surface area contributed by atoms with E-state index in [1.165, 1.54) is 0 Å². The molecule has 0 saturated heterocycles. The van der Waals surface area contributed by atoms with Crippen LogP contribution in [0.25, 0.3) is 0 Å². The van der Waals surface area contributed by atoms with E-state index in [2.05, 4.69) is 20.9 Å². The standard InChI is InChI=1S/C15H14BrN3O3/c16-13-6-5-12-15(18-13)19(14(20)9-22-12)7-8-21-11-3-1-10(17)2-4-11/h1-6H,7-9,17H2. The van der Waals surface area contributed by atoms with Crippen LogP contribution in [0.15, 0.2) is 41.0 Å². The molecule has 0 saturated carbocycles. The van der Waals surface area contributed by atoms with Crippen LogP contribution in [-0.4, -0.2) is 30.6 Å². The van der Waals surface area contributed by atoms with Gasteiger partial charge >= 0.3 is 0 Å². The third kappa shape index (κ3) is 3.14. The molecule has 1 amide bonds. The summed E-state index contributed by atoms with van der Waals surface area (Å²) in [4.78, 5) is 17.9. The number of nitrogen functional groups attached to an aromatic ring is 1. The van der Waals surface area contributed by atoms with Gasteiger partial charge in [0.25, 0.3) is 5.91 Å². The van der Waals surface area contributed by atoms with Gasteiger partial charge in [0.05, 0.1) is 6.54 Å². The second-order valence-corrected chi connectivity index (χ2v) is 5.52. The summed E-state index contributed by atoms with van der Waals surface area (Å²) >= 11 is 3.30. The van der Waals surface area contributed by atoms with Crippen LogP contribution in [0.3, 0.4) is 0 Å². The van der Waals surface area contributed by atoms with Gasteiger partial charge in [0.1, 0.15) is 17.0 Å². The fraction of sp³-hybridized carbons (Fsp3) is 0.200. The molecule has 1 aromatic heterocycles. The Morgan fingerprint density at radius 2 is 2.05 bits per heavy atom. The number of hydrogen-bond donors (Lipinski definition) is 1. The molecule has 1 aromatic carbocycles. The minimum absolute atomic E-state index is 0.0121. The average molecular weight is 364 g/mol. The van der Waals surface area contributed by atoms with Crippen LogP contribution in [0.5, 0.6) is 11.5 Å². The van der Waals surface area contributed by atoms with Crippen LogP contribution in [-0.2, 0) is 4.79 Å². The van der Waals surface area contributed by atoms with Crippen LogP contribution in [0.1, 0.15) is 0 Å². The van der Waals surface area contributed by atoms with Gasteiger partial charge in [-0.2, -0.15) is 0 Å². The molecule has 1 aliphatic rings. The first-order valence-corrected chi connectivity index (χ1v) is 7.51. The highest BCUT2D eigenvalue weighted by Crippen LogP contribution is 2.31. The van der Waals surface area contributed by atoms with Gasteiger partial charge in [-0.1, -0.05) is 0 Å². The number of anilines is 2. The number of amides is 1. The lowest BCUT2D eigenvalue weighted by atomic mass is 10.3. The molecule has 2 heterocycles.